The molecule has 0 radical (unpaired) electrons. The predicted octanol–water partition coefficient (Wildman–Crippen LogP) is 1.94. The standard InChI is InChI=1S/C12H14N2O2/c1-3-16-12(15)10-9(13)5-4-8-6-7-14(2)11(8)10/h4-7H,3,13H2,1-2H3. The summed E-state index contributed by atoms with van der Waals surface area (Å²) < 4.78 is 6.88. The maximum absolute atomic E-state index is 11.8. The second-order valence-electron chi connectivity index (χ2n) is 3.61. The quantitative estimate of drug-likeness (QED) is 0.619. The van der Waals surface area contributed by atoms with Gasteiger partial charge < -0.3 is 15.0 Å². The number of hydrogen-bond donors (Lipinski definition) is 1. The zero-order valence-corrected chi connectivity index (χ0v) is 9.36. The number of carbonyl (C=O) groups is 1. The van der Waals surface area contributed by atoms with E-state index >= 15 is 0 Å². The van der Waals surface area contributed by atoms with Crippen molar-refractivity contribution in [1.82, 2.24) is 4.57 Å². The molecule has 2 N–H and O–H groups in total. The van der Waals surface area contributed by atoms with Crippen LogP contribution in [0.4, 0.5) is 5.69 Å². The highest BCUT2D eigenvalue weighted by Crippen LogP contribution is 2.25. The van der Waals surface area contributed by atoms with Crippen LogP contribution in [0.15, 0.2) is 24.4 Å². The Labute approximate surface area is 93.6 Å². The van der Waals surface area contributed by atoms with Crippen LogP contribution in [0.25, 0.3) is 10.9 Å². The summed E-state index contributed by atoms with van der Waals surface area (Å²) in [7, 11) is 1.88. The molecule has 0 saturated heterocycles. The van der Waals surface area contributed by atoms with Crippen molar-refractivity contribution in [2.45, 2.75) is 6.92 Å². The molecule has 0 unspecified atom stereocenters. The first-order valence-electron chi connectivity index (χ1n) is 5.15. The van der Waals surface area contributed by atoms with Crippen LogP contribution in [0.1, 0.15) is 17.3 Å². The second-order valence-corrected chi connectivity index (χ2v) is 3.61. The van der Waals surface area contributed by atoms with E-state index in [0.29, 0.717) is 17.9 Å². The molecule has 84 valence electrons. The fourth-order valence-corrected chi connectivity index (χ4v) is 1.82. The van der Waals surface area contributed by atoms with E-state index in [-0.39, 0.29) is 5.97 Å². The van der Waals surface area contributed by atoms with Gasteiger partial charge in [-0.2, -0.15) is 0 Å². The Hall–Kier alpha value is -1.97. The van der Waals surface area contributed by atoms with Crippen LogP contribution in [0.5, 0.6) is 0 Å². The summed E-state index contributed by atoms with van der Waals surface area (Å²) in [6.07, 6.45) is 1.90. The molecule has 0 amide bonds. The van der Waals surface area contributed by atoms with Gasteiger partial charge in [0.15, 0.2) is 0 Å². The Balaban J connectivity index is 2.69. The number of nitrogens with two attached hydrogens (primary N) is 1. The lowest BCUT2D eigenvalue weighted by atomic mass is 10.1. The maximum Gasteiger partial charge on any atom is 0.342 e. The summed E-state index contributed by atoms with van der Waals surface area (Å²) in [6, 6.07) is 5.57. The Morgan fingerprint density at radius 3 is 2.88 bits per heavy atom. The van der Waals surface area contributed by atoms with Crippen molar-refractivity contribution in [1.29, 1.82) is 0 Å². The van der Waals surface area contributed by atoms with Gasteiger partial charge in [-0.1, -0.05) is 6.07 Å². The monoisotopic (exact) mass is 218 g/mol. The van der Waals surface area contributed by atoms with E-state index < -0.39 is 0 Å². The molecular weight excluding hydrogens is 204 g/mol. The number of rotatable bonds is 2. The number of aryl methyl sites for hydroxylation is 1. The molecule has 0 atom stereocenters. The van der Waals surface area contributed by atoms with Gasteiger partial charge in [-0.15, -0.1) is 0 Å². The Bertz CT molecular complexity index is 543. The van der Waals surface area contributed by atoms with Gasteiger partial charge in [0.1, 0.15) is 5.56 Å². The normalized spacial score (nSPS) is 10.6. The van der Waals surface area contributed by atoms with Gasteiger partial charge >= 0.3 is 5.97 Å². The largest absolute Gasteiger partial charge is 0.462 e. The number of benzene rings is 1. The summed E-state index contributed by atoms with van der Waals surface area (Å²) in [5.74, 6) is -0.368. The molecule has 0 bridgehead atoms. The van der Waals surface area contributed by atoms with Crippen molar-refractivity contribution >= 4 is 22.6 Å². The minimum absolute atomic E-state index is 0.346. The average Bonchev–Trinajstić information content (AvgIpc) is 2.61. The van der Waals surface area contributed by atoms with E-state index in [1.807, 2.05) is 29.9 Å². The van der Waals surface area contributed by atoms with Crippen molar-refractivity contribution in [3.63, 3.8) is 0 Å². The minimum Gasteiger partial charge on any atom is -0.462 e. The van der Waals surface area contributed by atoms with E-state index in [2.05, 4.69) is 0 Å². The number of nitrogens with zero attached hydrogens (tertiary/aromatic N) is 1. The summed E-state index contributed by atoms with van der Waals surface area (Å²) >= 11 is 0. The molecule has 0 aliphatic rings. The lowest BCUT2D eigenvalue weighted by Gasteiger charge is -2.08. The number of nitrogen functional groups attached to an aromatic ring is 1. The van der Waals surface area contributed by atoms with Gasteiger partial charge in [-0.25, -0.2) is 4.79 Å². The van der Waals surface area contributed by atoms with Crippen LogP contribution in [-0.4, -0.2) is 17.1 Å². The smallest absolute Gasteiger partial charge is 0.342 e. The molecule has 0 aliphatic heterocycles. The summed E-state index contributed by atoms with van der Waals surface area (Å²) in [4.78, 5) is 11.8. The zero-order valence-electron chi connectivity index (χ0n) is 9.36. The first-order valence-corrected chi connectivity index (χ1v) is 5.15. The fourth-order valence-electron chi connectivity index (χ4n) is 1.82. The molecule has 0 aliphatic carbocycles. The minimum atomic E-state index is -0.368. The van der Waals surface area contributed by atoms with Crippen LogP contribution in [0.2, 0.25) is 0 Å². The Morgan fingerprint density at radius 2 is 2.19 bits per heavy atom. The first-order chi connectivity index (χ1) is 7.65. The molecule has 0 fully saturated rings. The molecule has 4 heteroatoms. The highest BCUT2D eigenvalue weighted by atomic mass is 16.5. The number of aromatic nitrogens is 1. The first kappa shape index (κ1) is 10.5. The van der Waals surface area contributed by atoms with Crippen molar-refractivity contribution in [2.24, 2.45) is 7.05 Å². The molecule has 2 rings (SSSR count). The van der Waals surface area contributed by atoms with Gasteiger partial charge in [0.25, 0.3) is 0 Å². The van der Waals surface area contributed by atoms with Crippen LogP contribution in [0.3, 0.4) is 0 Å². The average molecular weight is 218 g/mol. The van der Waals surface area contributed by atoms with Crippen LogP contribution in [-0.2, 0) is 11.8 Å². The van der Waals surface area contributed by atoms with Gasteiger partial charge in [0.2, 0.25) is 0 Å². The zero-order chi connectivity index (χ0) is 11.7. The molecule has 4 nitrogen and oxygen atoms in total. The number of hydrogen-bond acceptors (Lipinski definition) is 3. The van der Waals surface area contributed by atoms with E-state index in [0.717, 1.165) is 10.9 Å². The molecular formula is C12H14N2O2. The van der Waals surface area contributed by atoms with E-state index in [1.165, 1.54) is 0 Å². The molecule has 1 aromatic heterocycles. The van der Waals surface area contributed by atoms with E-state index in [9.17, 15) is 4.79 Å². The van der Waals surface area contributed by atoms with E-state index in [1.54, 1.807) is 13.0 Å². The summed E-state index contributed by atoms with van der Waals surface area (Å²) in [5.41, 5.74) is 7.55. The predicted molar refractivity (Wildman–Crippen MR) is 63.3 cm³/mol. The molecule has 16 heavy (non-hydrogen) atoms. The summed E-state index contributed by atoms with van der Waals surface area (Å²) in [5, 5.41) is 0.986. The highest BCUT2D eigenvalue weighted by molar-refractivity contribution is 6.07. The van der Waals surface area contributed by atoms with E-state index in [4.69, 9.17) is 10.5 Å². The molecule has 1 aromatic carbocycles. The van der Waals surface area contributed by atoms with Crippen molar-refractivity contribution < 1.29 is 9.53 Å². The third-order valence-electron chi connectivity index (χ3n) is 2.55. The third-order valence-corrected chi connectivity index (χ3v) is 2.55. The number of fused-ring (bicyclic) bond motifs is 1. The van der Waals surface area contributed by atoms with Crippen LogP contribution in [0, 0.1) is 0 Å². The van der Waals surface area contributed by atoms with Crippen molar-refractivity contribution in [2.75, 3.05) is 12.3 Å². The molecule has 1 heterocycles. The second kappa shape index (κ2) is 3.89. The lowest BCUT2D eigenvalue weighted by Crippen LogP contribution is -2.10. The van der Waals surface area contributed by atoms with Crippen LogP contribution >= 0.6 is 0 Å². The third kappa shape index (κ3) is 1.52. The topological polar surface area (TPSA) is 57.2 Å². The number of anilines is 1. The molecule has 0 spiro atoms. The SMILES string of the molecule is CCOC(=O)c1c(N)ccc2ccn(C)c12. The van der Waals surface area contributed by atoms with Gasteiger partial charge in [-0.3, -0.25) is 0 Å². The van der Waals surface area contributed by atoms with Gasteiger partial charge in [0, 0.05) is 24.3 Å². The highest BCUT2D eigenvalue weighted by Gasteiger charge is 2.16. The Morgan fingerprint density at radius 1 is 1.44 bits per heavy atom. The maximum atomic E-state index is 11.8. The summed E-state index contributed by atoms with van der Waals surface area (Å²) in [6.45, 7) is 2.12. The fraction of sp³-hybridized carbons (Fsp3) is 0.250. The Kier molecular flexibility index (Phi) is 2.56. The number of carbonyl (C=O) groups excluding carboxylic acids is 1. The number of esters is 1. The van der Waals surface area contributed by atoms with Crippen molar-refractivity contribution in [3.8, 4) is 0 Å². The molecule has 2 aromatic rings. The van der Waals surface area contributed by atoms with Crippen molar-refractivity contribution in [3.05, 3.63) is 30.0 Å². The van der Waals surface area contributed by atoms with Gasteiger partial charge in [-0.05, 0) is 19.1 Å². The van der Waals surface area contributed by atoms with Crippen LogP contribution < -0.4 is 5.73 Å². The molecule has 0 saturated carbocycles. The number of ether oxygens (including phenoxy) is 1. The van der Waals surface area contributed by atoms with Gasteiger partial charge in [0.05, 0.1) is 12.1 Å². The lowest BCUT2D eigenvalue weighted by molar-refractivity contribution is 0.0529.